The number of anilines is 2. The maximum absolute atomic E-state index is 12.4. The molecule has 156 valence electrons. The Hall–Kier alpha value is -3.46. The van der Waals surface area contributed by atoms with Crippen molar-refractivity contribution in [2.24, 2.45) is 0 Å². The third-order valence-electron chi connectivity index (χ3n) is 4.46. The number of aryl methyl sites for hydroxylation is 2. The molecule has 0 aliphatic heterocycles. The summed E-state index contributed by atoms with van der Waals surface area (Å²) in [4.78, 5) is 19.9. The smallest absolute Gasteiger partial charge is 0.264 e. The molecule has 8 nitrogen and oxygen atoms in total. The number of carbonyl (C=O) groups excluding carboxylic acids is 1. The van der Waals surface area contributed by atoms with Gasteiger partial charge >= 0.3 is 0 Å². The summed E-state index contributed by atoms with van der Waals surface area (Å²) in [6.07, 6.45) is 2.87. The fraction of sp³-hybridized carbons (Fsp3) is 0.190. The van der Waals surface area contributed by atoms with Crippen LogP contribution in [0.3, 0.4) is 0 Å². The first-order valence-electron chi connectivity index (χ1n) is 9.15. The van der Waals surface area contributed by atoms with Crippen LogP contribution in [0.1, 0.15) is 16.7 Å². The lowest BCUT2D eigenvalue weighted by atomic mass is 10.1. The van der Waals surface area contributed by atoms with Gasteiger partial charge in [0.1, 0.15) is 5.75 Å². The van der Waals surface area contributed by atoms with E-state index in [1.165, 1.54) is 36.7 Å². The summed E-state index contributed by atoms with van der Waals surface area (Å²) < 4.78 is 32.8. The number of sulfonamides is 1. The lowest BCUT2D eigenvalue weighted by Crippen LogP contribution is -2.21. The van der Waals surface area contributed by atoms with Crippen LogP contribution < -0.4 is 14.8 Å². The fourth-order valence-electron chi connectivity index (χ4n) is 2.73. The van der Waals surface area contributed by atoms with E-state index in [9.17, 15) is 13.2 Å². The van der Waals surface area contributed by atoms with Gasteiger partial charge in [-0.2, -0.15) is 0 Å². The Bertz CT molecular complexity index is 1150. The molecule has 0 saturated heterocycles. The number of hydrogen-bond donors (Lipinski definition) is 2. The van der Waals surface area contributed by atoms with Crippen LogP contribution in [0, 0.1) is 20.8 Å². The quantitative estimate of drug-likeness (QED) is 0.600. The molecule has 30 heavy (non-hydrogen) atoms. The molecule has 0 aliphatic carbocycles. The Morgan fingerprint density at radius 1 is 0.967 bits per heavy atom. The number of nitrogens with zero attached hydrogens (tertiary/aromatic N) is 2. The van der Waals surface area contributed by atoms with Gasteiger partial charge in [0.05, 0.1) is 4.90 Å². The van der Waals surface area contributed by atoms with Crippen LogP contribution in [-0.2, 0) is 14.8 Å². The third-order valence-corrected chi connectivity index (χ3v) is 5.81. The summed E-state index contributed by atoms with van der Waals surface area (Å²) in [5.41, 5.74) is 3.49. The molecule has 9 heteroatoms. The molecule has 0 radical (unpaired) electrons. The van der Waals surface area contributed by atoms with Gasteiger partial charge in [-0.05, 0) is 67.8 Å². The van der Waals surface area contributed by atoms with E-state index in [1.54, 1.807) is 6.07 Å². The minimum Gasteiger partial charge on any atom is -0.483 e. The number of carbonyl (C=O) groups is 1. The van der Waals surface area contributed by atoms with Crippen molar-refractivity contribution in [1.82, 2.24) is 9.97 Å². The Labute approximate surface area is 175 Å². The van der Waals surface area contributed by atoms with E-state index in [4.69, 9.17) is 4.74 Å². The van der Waals surface area contributed by atoms with Crippen molar-refractivity contribution in [2.45, 2.75) is 25.7 Å². The molecule has 1 aromatic heterocycles. The summed E-state index contributed by atoms with van der Waals surface area (Å²) in [6.45, 7) is 5.70. The van der Waals surface area contributed by atoms with Crippen molar-refractivity contribution >= 4 is 27.6 Å². The summed E-state index contributed by atoms with van der Waals surface area (Å²) in [7, 11) is -3.83. The molecular weight excluding hydrogens is 404 g/mol. The van der Waals surface area contributed by atoms with Gasteiger partial charge in [0.25, 0.3) is 15.9 Å². The van der Waals surface area contributed by atoms with Crippen molar-refractivity contribution < 1.29 is 17.9 Å². The molecule has 0 atom stereocenters. The van der Waals surface area contributed by atoms with Crippen LogP contribution in [0.25, 0.3) is 0 Å². The standard InChI is InChI=1S/C21H22N4O4S/c1-14-5-6-15(2)20(16(14)3)29-13-19(26)24-17-7-9-18(10-8-17)30(27,28)25-21-22-11-4-12-23-21/h4-12H,13H2,1-3H3,(H,24,26)(H,22,23,25). The van der Waals surface area contributed by atoms with Crippen molar-refractivity contribution in [3.8, 4) is 5.75 Å². The van der Waals surface area contributed by atoms with Gasteiger partial charge in [-0.3, -0.25) is 4.79 Å². The molecule has 0 unspecified atom stereocenters. The van der Waals surface area contributed by atoms with Crippen molar-refractivity contribution in [2.75, 3.05) is 16.6 Å². The van der Waals surface area contributed by atoms with E-state index in [0.717, 1.165) is 16.7 Å². The molecule has 1 amide bonds. The maximum Gasteiger partial charge on any atom is 0.264 e. The number of amides is 1. The van der Waals surface area contributed by atoms with Gasteiger partial charge in [0.15, 0.2) is 6.61 Å². The highest BCUT2D eigenvalue weighted by atomic mass is 32.2. The van der Waals surface area contributed by atoms with Crippen LogP contribution in [0.4, 0.5) is 11.6 Å². The first-order chi connectivity index (χ1) is 14.3. The molecule has 2 aromatic carbocycles. The highest BCUT2D eigenvalue weighted by Crippen LogP contribution is 2.25. The second-order valence-corrected chi connectivity index (χ2v) is 8.38. The van der Waals surface area contributed by atoms with Crippen molar-refractivity contribution in [3.05, 3.63) is 71.5 Å². The Morgan fingerprint density at radius 2 is 1.60 bits per heavy atom. The average Bonchev–Trinajstić information content (AvgIpc) is 2.72. The summed E-state index contributed by atoms with van der Waals surface area (Å²) in [5, 5.41) is 2.69. The lowest BCUT2D eigenvalue weighted by molar-refractivity contribution is -0.118. The predicted molar refractivity (Wildman–Crippen MR) is 114 cm³/mol. The topological polar surface area (TPSA) is 110 Å². The Morgan fingerprint density at radius 3 is 2.27 bits per heavy atom. The molecular formula is C21H22N4O4S. The molecule has 0 saturated carbocycles. The van der Waals surface area contributed by atoms with Crippen molar-refractivity contribution in [3.63, 3.8) is 0 Å². The Balaban J connectivity index is 1.62. The Kier molecular flexibility index (Phi) is 6.31. The normalized spacial score (nSPS) is 11.0. The largest absolute Gasteiger partial charge is 0.483 e. The van der Waals surface area contributed by atoms with Gasteiger partial charge in [-0.15, -0.1) is 0 Å². The zero-order valence-corrected chi connectivity index (χ0v) is 17.7. The minimum atomic E-state index is -3.83. The van der Waals surface area contributed by atoms with Gasteiger partial charge in [-0.25, -0.2) is 23.1 Å². The van der Waals surface area contributed by atoms with Gasteiger partial charge < -0.3 is 10.1 Å². The highest BCUT2D eigenvalue weighted by molar-refractivity contribution is 7.92. The summed E-state index contributed by atoms with van der Waals surface area (Å²) in [6, 6.07) is 11.3. The second-order valence-electron chi connectivity index (χ2n) is 6.69. The summed E-state index contributed by atoms with van der Waals surface area (Å²) in [5.74, 6) is 0.330. The number of nitrogens with one attached hydrogen (secondary N) is 2. The van der Waals surface area contributed by atoms with Crippen LogP contribution in [0.5, 0.6) is 5.75 Å². The van der Waals surface area contributed by atoms with E-state index in [1.807, 2.05) is 32.9 Å². The third kappa shape index (κ3) is 5.12. The van der Waals surface area contributed by atoms with Crippen LogP contribution >= 0.6 is 0 Å². The number of ether oxygens (including phenoxy) is 1. The van der Waals surface area contributed by atoms with E-state index in [2.05, 4.69) is 20.0 Å². The molecule has 0 fully saturated rings. The fourth-order valence-corrected chi connectivity index (χ4v) is 3.69. The molecule has 0 spiro atoms. The molecule has 2 N–H and O–H groups in total. The van der Waals surface area contributed by atoms with E-state index in [-0.39, 0.29) is 23.4 Å². The zero-order chi connectivity index (χ0) is 21.7. The molecule has 3 aromatic rings. The van der Waals surface area contributed by atoms with Gasteiger partial charge in [-0.1, -0.05) is 12.1 Å². The lowest BCUT2D eigenvalue weighted by Gasteiger charge is -2.14. The molecule has 0 aliphatic rings. The van der Waals surface area contributed by atoms with E-state index in [0.29, 0.717) is 11.4 Å². The average molecular weight is 426 g/mol. The second kappa shape index (κ2) is 8.91. The summed E-state index contributed by atoms with van der Waals surface area (Å²) >= 11 is 0. The van der Waals surface area contributed by atoms with E-state index >= 15 is 0 Å². The predicted octanol–water partition coefficient (Wildman–Crippen LogP) is 3.22. The van der Waals surface area contributed by atoms with Gasteiger partial charge in [0, 0.05) is 18.1 Å². The van der Waals surface area contributed by atoms with Crippen LogP contribution in [0.2, 0.25) is 0 Å². The number of rotatable bonds is 7. The number of aromatic nitrogens is 2. The first-order valence-corrected chi connectivity index (χ1v) is 10.6. The highest BCUT2D eigenvalue weighted by Gasteiger charge is 2.16. The SMILES string of the molecule is Cc1ccc(C)c(OCC(=O)Nc2ccc(S(=O)(=O)Nc3ncccn3)cc2)c1C. The van der Waals surface area contributed by atoms with Crippen molar-refractivity contribution in [1.29, 1.82) is 0 Å². The van der Waals surface area contributed by atoms with Crippen LogP contribution in [0.15, 0.2) is 59.8 Å². The zero-order valence-electron chi connectivity index (χ0n) is 16.8. The minimum absolute atomic E-state index is 0.0197. The number of hydrogen-bond acceptors (Lipinski definition) is 6. The first kappa shape index (κ1) is 21.3. The monoisotopic (exact) mass is 426 g/mol. The van der Waals surface area contributed by atoms with E-state index < -0.39 is 10.0 Å². The maximum atomic E-state index is 12.4. The molecule has 1 heterocycles. The van der Waals surface area contributed by atoms with Crippen LogP contribution in [-0.4, -0.2) is 30.9 Å². The number of benzene rings is 2. The molecule has 0 bridgehead atoms. The molecule has 3 rings (SSSR count). The van der Waals surface area contributed by atoms with Gasteiger partial charge in [0.2, 0.25) is 5.95 Å².